The number of fused-ring (bicyclic) bond motifs is 3. The highest BCUT2D eigenvalue weighted by Gasteiger charge is 2.56. The van der Waals surface area contributed by atoms with Crippen molar-refractivity contribution in [3.8, 4) is 17.0 Å². The maximum Gasteiger partial charge on any atom is 0.306 e. The number of hydrogen-bond acceptors (Lipinski definition) is 9. The van der Waals surface area contributed by atoms with E-state index in [9.17, 15) is 15.0 Å². The van der Waals surface area contributed by atoms with Gasteiger partial charge in [-0.2, -0.15) is 0 Å². The van der Waals surface area contributed by atoms with Crippen molar-refractivity contribution in [2.75, 3.05) is 62.6 Å². The minimum absolute atomic E-state index is 0.0914. The summed E-state index contributed by atoms with van der Waals surface area (Å²) in [5.41, 5.74) is 3.58. The second-order valence-electron chi connectivity index (χ2n) is 16.1. The van der Waals surface area contributed by atoms with E-state index in [-0.39, 0.29) is 11.7 Å². The van der Waals surface area contributed by atoms with Gasteiger partial charge in [0.05, 0.1) is 23.3 Å². The number of piperidine rings is 1. The Balaban J connectivity index is 0.727. The topological polar surface area (TPSA) is 108 Å². The van der Waals surface area contributed by atoms with Gasteiger partial charge in [-0.15, -0.1) is 10.2 Å². The number of para-hydroxylation sites is 1. The first-order chi connectivity index (χ1) is 22.4. The number of carboxylic acids is 1. The van der Waals surface area contributed by atoms with Crippen LogP contribution in [0.15, 0.2) is 30.3 Å². The molecule has 3 aliphatic carbocycles. The van der Waals surface area contributed by atoms with E-state index in [1.54, 1.807) is 6.07 Å². The Labute approximate surface area is 272 Å². The molecule has 5 heterocycles. The number of anilines is 2. The van der Waals surface area contributed by atoms with E-state index in [4.69, 9.17) is 0 Å². The summed E-state index contributed by atoms with van der Waals surface area (Å²) in [5.74, 6) is 0.415. The van der Waals surface area contributed by atoms with Crippen LogP contribution in [0, 0.1) is 16.7 Å². The molecule has 2 spiro atoms. The summed E-state index contributed by atoms with van der Waals surface area (Å²) in [4.78, 5) is 22.2. The number of aromatic hydroxyl groups is 1. The first-order valence-electron chi connectivity index (χ1n) is 18.0. The van der Waals surface area contributed by atoms with Crippen molar-refractivity contribution < 1.29 is 15.0 Å². The summed E-state index contributed by atoms with van der Waals surface area (Å²) in [7, 11) is 0. The van der Waals surface area contributed by atoms with Gasteiger partial charge < -0.3 is 25.3 Å². The van der Waals surface area contributed by atoms with Crippen LogP contribution in [0.25, 0.3) is 11.3 Å². The highest BCUT2D eigenvalue weighted by Crippen LogP contribution is 2.55. The highest BCUT2D eigenvalue weighted by atomic mass is 16.4. The molecule has 46 heavy (non-hydrogen) atoms. The SMILES string of the molecule is O=C(O)C1CCC2(CC1)CC(N1CCC(N3CC4(CC(N5CCN6c7cc(-c8ccccc8O)nnc7NC[C@H]6C5)C4)C3)CC1)C2. The standard InChI is InChI=1S/C36H49N7O3/c44-32-4-2-1-3-29(32)30-15-31-33(39-38-30)37-20-28-21-41(13-14-43(28)31)27-18-36(19-27)22-42(23-36)25-7-11-40(12-8-25)26-16-35(17-26)9-5-24(6-10-35)34(45)46/h1-4,15,24-28,44H,5-14,16-23H2,(H,37,39)(H,45,46)/t24?,26?,28-,35?/m0/s1. The maximum absolute atomic E-state index is 11.4. The molecule has 2 aromatic rings. The van der Waals surface area contributed by atoms with Gasteiger partial charge >= 0.3 is 5.97 Å². The monoisotopic (exact) mass is 627 g/mol. The molecule has 9 rings (SSSR count). The molecule has 0 radical (unpaired) electrons. The zero-order valence-corrected chi connectivity index (χ0v) is 27.0. The fourth-order valence-corrected chi connectivity index (χ4v) is 10.7. The molecule has 3 N–H and O–H groups in total. The Morgan fingerprint density at radius 1 is 0.804 bits per heavy atom. The number of aromatic nitrogens is 2. The highest BCUT2D eigenvalue weighted by molar-refractivity contribution is 5.76. The number of phenols is 1. The van der Waals surface area contributed by atoms with Gasteiger partial charge in [0.1, 0.15) is 5.75 Å². The fraction of sp³-hybridized carbons (Fsp3) is 0.694. The van der Waals surface area contributed by atoms with Crippen LogP contribution in [0.2, 0.25) is 0 Å². The van der Waals surface area contributed by atoms with Crippen LogP contribution in [-0.2, 0) is 4.79 Å². The fourth-order valence-electron chi connectivity index (χ4n) is 10.7. The number of likely N-dealkylation sites (tertiary alicyclic amines) is 2. The summed E-state index contributed by atoms with van der Waals surface area (Å²) in [6, 6.07) is 12.1. The second-order valence-corrected chi connectivity index (χ2v) is 16.1. The van der Waals surface area contributed by atoms with Crippen LogP contribution in [0.5, 0.6) is 5.75 Å². The van der Waals surface area contributed by atoms with Crippen molar-refractivity contribution in [3.63, 3.8) is 0 Å². The van der Waals surface area contributed by atoms with E-state index in [1.807, 2.05) is 18.2 Å². The van der Waals surface area contributed by atoms with Gasteiger partial charge in [0, 0.05) is 63.0 Å². The molecule has 3 saturated heterocycles. The smallest absolute Gasteiger partial charge is 0.306 e. The van der Waals surface area contributed by atoms with E-state index in [1.165, 1.54) is 64.7 Å². The number of nitrogens with one attached hydrogen (secondary N) is 1. The number of rotatable bonds is 5. The molecular weight excluding hydrogens is 578 g/mol. The number of benzene rings is 1. The lowest BCUT2D eigenvalue weighted by Crippen LogP contribution is -2.71. The first-order valence-corrected chi connectivity index (χ1v) is 18.0. The molecule has 0 unspecified atom stereocenters. The van der Waals surface area contributed by atoms with Crippen LogP contribution in [-0.4, -0.2) is 118 Å². The first kappa shape index (κ1) is 29.2. The number of hydrogen-bond donors (Lipinski definition) is 3. The Hall–Kier alpha value is -2.95. The van der Waals surface area contributed by atoms with E-state index in [2.05, 4.69) is 41.2 Å². The summed E-state index contributed by atoms with van der Waals surface area (Å²) in [6.45, 7) is 9.18. The Morgan fingerprint density at radius 3 is 2.26 bits per heavy atom. The summed E-state index contributed by atoms with van der Waals surface area (Å²) in [6.07, 6.45) is 12.0. The molecule has 3 saturated carbocycles. The van der Waals surface area contributed by atoms with Gasteiger partial charge in [-0.3, -0.25) is 14.6 Å². The molecule has 1 aromatic heterocycles. The van der Waals surface area contributed by atoms with Gasteiger partial charge in [-0.05, 0) is 106 Å². The molecule has 1 atom stereocenters. The lowest BCUT2D eigenvalue weighted by molar-refractivity contribution is -0.146. The van der Waals surface area contributed by atoms with E-state index < -0.39 is 5.97 Å². The van der Waals surface area contributed by atoms with Crippen molar-refractivity contribution in [3.05, 3.63) is 30.3 Å². The normalized spacial score (nSPS) is 33.4. The second kappa shape index (κ2) is 11.1. The minimum atomic E-state index is -0.581. The Bertz CT molecular complexity index is 1460. The quantitative estimate of drug-likeness (QED) is 0.448. The Kier molecular flexibility index (Phi) is 7.02. The van der Waals surface area contributed by atoms with Gasteiger partial charge in [0.15, 0.2) is 5.82 Å². The van der Waals surface area contributed by atoms with Crippen molar-refractivity contribution in [2.45, 2.75) is 88.4 Å². The average molecular weight is 628 g/mol. The zero-order chi connectivity index (χ0) is 31.0. The molecule has 7 aliphatic rings. The van der Waals surface area contributed by atoms with Gasteiger partial charge in [0.25, 0.3) is 0 Å². The lowest BCUT2D eigenvalue weighted by Gasteiger charge is -2.64. The molecule has 1 aromatic carbocycles. The van der Waals surface area contributed by atoms with Crippen molar-refractivity contribution in [1.82, 2.24) is 24.9 Å². The molecule has 4 aliphatic heterocycles. The van der Waals surface area contributed by atoms with E-state index >= 15 is 0 Å². The van der Waals surface area contributed by atoms with Crippen molar-refractivity contribution >= 4 is 17.5 Å². The molecule has 10 heteroatoms. The van der Waals surface area contributed by atoms with E-state index in [0.717, 1.165) is 92.8 Å². The number of aliphatic carboxylic acids is 1. The summed E-state index contributed by atoms with van der Waals surface area (Å²) >= 11 is 0. The van der Waals surface area contributed by atoms with Crippen LogP contribution in [0.4, 0.5) is 11.5 Å². The third-order valence-electron chi connectivity index (χ3n) is 13.5. The minimum Gasteiger partial charge on any atom is -0.507 e. The van der Waals surface area contributed by atoms with Crippen molar-refractivity contribution in [2.24, 2.45) is 16.7 Å². The molecule has 10 nitrogen and oxygen atoms in total. The van der Waals surface area contributed by atoms with Crippen LogP contribution in [0.1, 0.15) is 64.2 Å². The zero-order valence-electron chi connectivity index (χ0n) is 27.0. The van der Waals surface area contributed by atoms with Gasteiger partial charge in [-0.1, -0.05) is 12.1 Å². The number of nitrogens with zero attached hydrogens (tertiary/aromatic N) is 6. The van der Waals surface area contributed by atoms with Gasteiger partial charge in [-0.25, -0.2) is 0 Å². The summed E-state index contributed by atoms with van der Waals surface area (Å²) < 4.78 is 0. The number of carbonyl (C=O) groups is 1. The molecule has 6 fully saturated rings. The molecule has 246 valence electrons. The number of piperazine rings is 1. The van der Waals surface area contributed by atoms with Crippen LogP contribution >= 0.6 is 0 Å². The third kappa shape index (κ3) is 4.97. The Morgan fingerprint density at radius 2 is 1.52 bits per heavy atom. The largest absolute Gasteiger partial charge is 0.507 e. The van der Waals surface area contributed by atoms with Crippen LogP contribution < -0.4 is 10.2 Å². The van der Waals surface area contributed by atoms with E-state index in [0.29, 0.717) is 16.9 Å². The predicted octanol–water partition coefficient (Wildman–Crippen LogP) is 4.12. The molecule has 0 amide bonds. The third-order valence-corrected chi connectivity index (χ3v) is 13.5. The lowest BCUT2D eigenvalue weighted by atomic mass is 9.56. The molecular formula is C36H49N7O3. The van der Waals surface area contributed by atoms with Crippen molar-refractivity contribution in [1.29, 1.82) is 0 Å². The molecule has 0 bridgehead atoms. The van der Waals surface area contributed by atoms with Crippen LogP contribution in [0.3, 0.4) is 0 Å². The number of phenolic OH excluding ortho intramolecular Hbond substituents is 1. The average Bonchev–Trinajstić information content (AvgIpc) is 3.02. The predicted molar refractivity (Wildman–Crippen MR) is 177 cm³/mol. The number of carboxylic acid groups (broad SMARTS) is 1. The maximum atomic E-state index is 11.4. The summed E-state index contributed by atoms with van der Waals surface area (Å²) in [5, 5.41) is 32.1. The van der Waals surface area contributed by atoms with Gasteiger partial charge in [0.2, 0.25) is 0 Å².